The van der Waals surface area contributed by atoms with E-state index in [1.807, 2.05) is 31.2 Å². The van der Waals surface area contributed by atoms with Crippen LogP contribution in [0.1, 0.15) is 38.7 Å². The molecule has 0 bridgehead atoms. The minimum absolute atomic E-state index is 0.0819. The van der Waals surface area contributed by atoms with E-state index < -0.39 is 0 Å². The molecule has 0 radical (unpaired) electrons. The highest BCUT2D eigenvalue weighted by Crippen LogP contribution is 2.26. The van der Waals surface area contributed by atoms with Crippen molar-refractivity contribution in [1.29, 1.82) is 0 Å². The molecule has 0 fully saturated rings. The molecular weight excluding hydrogens is 302 g/mol. The minimum atomic E-state index is -0.384. The standard InChI is InChI=1S/C19H25N3O2/c1-5-13(2)16-8-6-7-9-17(16)22-19(23)14(3)21-15-10-11-18(24-4)20-12-15/h6-14,21H,5H2,1-4H3,(H,22,23)/t13-,14+/m1/s1. The van der Waals surface area contributed by atoms with Crippen LogP contribution in [0.3, 0.4) is 0 Å². The van der Waals surface area contributed by atoms with Gasteiger partial charge < -0.3 is 15.4 Å². The summed E-state index contributed by atoms with van der Waals surface area (Å²) >= 11 is 0. The Morgan fingerprint density at radius 3 is 2.58 bits per heavy atom. The normalized spacial score (nSPS) is 13.0. The molecule has 0 aliphatic heterocycles. The Labute approximate surface area is 143 Å². The van der Waals surface area contributed by atoms with Gasteiger partial charge in [-0.1, -0.05) is 32.0 Å². The summed E-state index contributed by atoms with van der Waals surface area (Å²) < 4.78 is 5.03. The maximum atomic E-state index is 12.5. The number of anilines is 2. The van der Waals surface area contributed by atoms with Gasteiger partial charge in [0.2, 0.25) is 11.8 Å². The molecule has 1 amide bonds. The van der Waals surface area contributed by atoms with E-state index >= 15 is 0 Å². The van der Waals surface area contributed by atoms with Crippen molar-refractivity contribution in [3.8, 4) is 5.88 Å². The van der Waals surface area contributed by atoms with Crippen molar-refractivity contribution in [2.45, 2.75) is 39.2 Å². The first-order chi connectivity index (χ1) is 11.5. The van der Waals surface area contributed by atoms with Crippen molar-refractivity contribution in [3.05, 3.63) is 48.2 Å². The monoisotopic (exact) mass is 327 g/mol. The van der Waals surface area contributed by atoms with Crippen LogP contribution in [0.4, 0.5) is 11.4 Å². The highest BCUT2D eigenvalue weighted by Gasteiger charge is 2.16. The van der Waals surface area contributed by atoms with E-state index in [9.17, 15) is 4.79 Å². The van der Waals surface area contributed by atoms with Crippen LogP contribution in [-0.2, 0) is 4.79 Å². The fourth-order valence-electron chi connectivity index (χ4n) is 2.40. The molecule has 1 heterocycles. The first-order valence-corrected chi connectivity index (χ1v) is 8.21. The van der Waals surface area contributed by atoms with Gasteiger partial charge in [0.25, 0.3) is 0 Å². The third kappa shape index (κ3) is 4.47. The van der Waals surface area contributed by atoms with Crippen LogP contribution in [-0.4, -0.2) is 24.0 Å². The van der Waals surface area contributed by atoms with Crippen molar-refractivity contribution in [3.63, 3.8) is 0 Å². The van der Waals surface area contributed by atoms with Crippen LogP contribution >= 0.6 is 0 Å². The molecule has 0 saturated carbocycles. The Hall–Kier alpha value is -2.56. The number of hydrogen-bond acceptors (Lipinski definition) is 4. The summed E-state index contributed by atoms with van der Waals surface area (Å²) in [5, 5.41) is 6.17. The third-order valence-corrected chi connectivity index (χ3v) is 4.08. The van der Waals surface area contributed by atoms with E-state index in [0.717, 1.165) is 23.4 Å². The molecule has 0 saturated heterocycles. The van der Waals surface area contributed by atoms with Crippen molar-refractivity contribution in [2.24, 2.45) is 0 Å². The smallest absolute Gasteiger partial charge is 0.246 e. The second-order valence-corrected chi connectivity index (χ2v) is 5.84. The lowest BCUT2D eigenvalue weighted by Gasteiger charge is -2.19. The molecule has 0 aliphatic rings. The van der Waals surface area contributed by atoms with E-state index in [0.29, 0.717) is 11.8 Å². The summed E-state index contributed by atoms with van der Waals surface area (Å²) in [5.74, 6) is 0.859. The zero-order valence-electron chi connectivity index (χ0n) is 14.7. The van der Waals surface area contributed by atoms with Gasteiger partial charge in [0.15, 0.2) is 0 Å². The minimum Gasteiger partial charge on any atom is -0.481 e. The lowest BCUT2D eigenvalue weighted by atomic mass is 9.97. The SMILES string of the molecule is CC[C@@H](C)c1ccccc1NC(=O)[C@H](C)Nc1ccc(OC)nc1. The van der Waals surface area contributed by atoms with Gasteiger partial charge in [0, 0.05) is 11.8 Å². The number of rotatable bonds is 7. The lowest BCUT2D eigenvalue weighted by molar-refractivity contribution is -0.116. The van der Waals surface area contributed by atoms with Gasteiger partial charge in [-0.2, -0.15) is 0 Å². The van der Waals surface area contributed by atoms with E-state index in [2.05, 4.69) is 35.5 Å². The van der Waals surface area contributed by atoms with Gasteiger partial charge in [-0.15, -0.1) is 0 Å². The van der Waals surface area contributed by atoms with Crippen LogP contribution < -0.4 is 15.4 Å². The van der Waals surface area contributed by atoms with Crippen molar-refractivity contribution < 1.29 is 9.53 Å². The van der Waals surface area contributed by atoms with Crippen molar-refractivity contribution in [1.82, 2.24) is 4.98 Å². The van der Waals surface area contributed by atoms with Crippen molar-refractivity contribution in [2.75, 3.05) is 17.7 Å². The zero-order chi connectivity index (χ0) is 17.5. The average molecular weight is 327 g/mol. The second kappa shape index (κ2) is 8.34. The number of para-hydroxylation sites is 1. The van der Waals surface area contributed by atoms with Crippen LogP contribution in [0, 0.1) is 0 Å². The van der Waals surface area contributed by atoms with Gasteiger partial charge in [0.05, 0.1) is 19.0 Å². The predicted molar refractivity (Wildman–Crippen MR) is 97.7 cm³/mol. The predicted octanol–water partition coefficient (Wildman–Crippen LogP) is 4.04. The summed E-state index contributed by atoms with van der Waals surface area (Å²) in [5.41, 5.74) is 2.80. The Bertz CT molecular complexity index is 671. The molecule has 2 N–H and O–H groups in total. The zero-order valence-corrected chi connectivity index (χ0v) is 14.7. The number of nitrogens with zero attached hydrogens (tertiary/aromatic N) is 1. The molecule has 2 rings (SSSR count). The quantitative estimate of drug-likeness (QED) is 0.805. The van der Waals surface area contributed by atoms with E-state index in [1.165, 1.54) is 0 Å². The van der Waals surface area contributed by atoms with Gasteiger partial charge in [-0.25, -0.2) is 4.98 Å². The van der Waals surface area contributed by atoms with Gasteiger partial charge in [0.1, 0.15) is 6.04 Å². The number of nitrogens with one attached hydrogen (secondary N) is 2. The molecule has 0 unspecified atom stereocenters. The molecule has 128 valence electrons. The number of methoxy groups -OCH3 is 1. The van der Waals surface area contributed by atoms with Crippen LogP contribution in [0.15, 0.2) is 42.6 Å². The molecular formula is C19H25N3O2. The summed E-state index contributed by atoms with van der Waals surface area (Å²) in [6.45, 7) is 6.13. The fourth-order valence-corrected chi connectivity index (χ4v) is 2.40. The molecule has 1 aromatic carbocycles. The molecule has 5 heteroatoms. The number of pyridine rings is 1. The number of hydrogen-bond donors (Lipinski definition) is 2. The molecule has 0 aliphatic carbocycles. The number of aromatic nitrogens is 1. The summed E-state index contributed by atoms with van der Waals surface area (Å²) in [6, 6.07) is 11.2. The largest absolute Gasteiger partial charge is 0.481 e. The Balaban J connectivity index is 2.03. The van der Waals surface area contributed by atoms with Gasteiger partial charge >= 0.3 is 0 Å². The maximum absolute atomic E-state index is 12.5. The number of benzene rings is 1. The van der Waals surface area contributed by atoms with E-state index in [1.54, 1.807) is 19.4 Å². The van der Waals surface area contributed by atoms with E-state index in [4.69, 9.17) is 4.74 Å². The first kappa shape index (κ1) is 17.8. The highest BCUT2D eigenvalue weighted by molar-refractivity contribution is 5.96. The molecule has 5 nitrogen and oxygen atoms in total. The fraction of sp³-hybridized carbons (Fsp3) is 0.368. The molecule has 2 aromatic rings. The number of carbonyl (C=O) groups is 1. The second-order valence-electron chi connectivity index (χ2n) is 5.84. The highest BCUT2D eigenvalue weighted by atomic mass is 16.5. The summed E-state index contributed by atoms with van der Waals surface area (Å²) in [7, 11) is 1.57. The Morgan fingerprint density at radius 1 is 1.21 bits per heavy atom. The van der Waals surface area contributed by atoms with E-state index in [-0.39, 0.29) is 11.9 Å². The molecule has 0 spiro atoms. The molecule has 2 atom stereocenters. The molecule has 1 aromatic heterocycles. The van der Waals surface area contributed by atoms with Gasteiger partial charge in [-0.05, 0) is 37.0 Å². The average Bonchev–Trinajstić information content (AvgIpc) is 2.62. The first-order valence-electron chi connectivity index (χ1n) is 8.21. The van der Waals surface area contributed by atoms with Gasteiger partial charge in [-0.3, -0.25) is 4.79 Å². The molecule has 24 heavy (non-hydrogen) atoms. The van der Waals surface area contributed by atoms with Crippen LogP contribution in [0.5, 0.6) is 5.88 Å². The number of carbonyl (C=O) groups excluding carboxylic acids is 1. The number of ether oxygens (including phenoxy) is 1. The third-order valence-electron chi connectivity index (χ3n) is 4.08. The lowest BCUT2D eigenvalue weighted by Crippen LogP contribution is -2.32. The topological polar surface area (TPSA) is 63.2 Å². The maximum Gasteiger partial charge on any atom is 0.246 e. The van der Waals surface area contributed by atoms with Crippen molar-refractivity contribution >= 4 is 17.3 Å². The summed E-state index contributed by atoms with van der Waals surface area (Å²) in [4.78, 5) is 16.6. The Morgan fingerprint density at radius 2 is 1.96 bits per heavy atom. The Kier molecular flexibility index (Phi) is 6.18. The number of amides is 1. The summed E-state index contributed by atoms with van der Waals surface area (Å²) in [6.07, 6.45) is 2.67. The van der Waals surface area contributed by atoms with Crippen LogP contribution in [0.25, 0.3) is 0 Å². The van der Waals surface area contributed by atoms with Crippen LogP contribution in [0.2, 0.25) is 0 Å².